The third kappa shape index (κ3) is 4.28. The first-order valence-corrected chi connectivity index (χ1v) is 7.05. The smallest absolute Gasteiger partial charge is 0.384 e. The first kappa shape index (κ1) is 16.4. The van der Waals surface area contributed by atoms with Gasteiger partial charge >= 0.3 is 5.38 Å². The van der Waals surface area contributed by atoms with Crippen molar-refractivity contribution in [1.82, 2.24) is 0 Å². The van der Waals surface area contributed by atoms with Gasteiger partial charge in [-0.1, -0.05) is 29.8 Å². The van der Waals surface area contributed by atoms with Crippen LogP contribution < -0.4 is 4.74 Å². The standard InChI is InChI=1S/C17H15ClF2O2/c1-11-4-3-5-13(6-11)10-22-15-8-12(2)7-14(9-15)16(21)17(18,19)20/h3-9H,10H2,1-2H3. The molecule has 0 radical (unpaired) electrons. The van der Waals surface area contributed by atoms with Gasteiger partial charge in [0.1, 0.15) is 12.4 Å². The quantitative estimate of drug-likeness (QED) is 0.578. The van der Waals surface area contributed by atoms with Crippen molar-refractivity contribution in [3.8, 4) is 5.75 Å². The van der Waals surface area contributed by atoms with Crippen LogP contribution in [-0.2, 0) is 6.61 Å². The summed E-state index contributed by atoms with van der Waals surface area (Å²) in [6.07, 6.45) is 0. The van der Waals surface area contributed by atoms with Crippen LogP contribution in [0.5, 0.6) is 5.75 Å². The number of carbonyl (C=O) groups is 1. The summed E-state index contributed by atoms with van der Waals surface area (Å²) in [5.74, 6) is -1.08. The number of halogens is 3. The zero-order chi connectivity index (χ0) is 16.3. The van der Waals surface area contributed by atoms with E-state index in [1.807, 2.05) is 31.2 Å². The number of Topliss-reactive ketones (excluding diaryl/α,β-unsaturated/α-hetero) is 1. The molecule has 0 bridgehead atoms. The lowest BCUT2D eigenvalue weighted by Crippen LogP contribution is -2.21. The Bertz CT molecular complexity index is 693. The minimum Gasteiger partial charge on any atom is -0.489 e. The summed E-state index contributed by atoms with van der Waals surface area (Å²) >= 11 is 4.79. The van der Waals surface area contributed by atoms with Crippen LogP contribution in [0, 0.1) is 13.8 Å². The van der Waals surface area contributed by atoms with Gasteiger partial charge in [0.25, 0.3) is 0 Å². The van der Waals surface area contributed by atoms with Crippen LogP contribution in [0.3, 0.4) is 0 Å². The summed E-state index contributed by atoms with van der Waals surface area (Å²) < 4.78 is 31.5. The largest absolute Gasteiger partial charge is 0.489 e. The Morgan fingerprint density at radius 1 is 1.14 bits per heavy atom. The first-order valence-electron chi connectivity index (χ1n) is 6.67. The number of ether oxygens (including phenoxy) is 1. The molecule has 0 spiro atoms. The average molecular weight is 325 g/mol. The molecular weight excluding hydrogens is 310 g/mol. The summed E-state index contributed by atoms with van der Waals surface area (Å²) in [7, 11) is 0. The molecule has 2 aromatic carbocycles. The number of alkyl halides is 3. The van der Waals surface area contributed by atoms with Gasteiger partial charge in [-0.25, -0.2) is 0 Å². The monoisotopic (exact) mass is 324 g/mol. The van der Waals surface area contributed by atoms with Gasteiger partial charge in [-0.15, -0.1) is 0 Å². The summed E-state index contributed by atoms with van der Waals surface area (Å²) in [5, 5.41) is -3.92. The maximum atomic E-state index is 12.9. The van der Waals surface area contributed by atoms with Crippen molar-refractivity contribution in [2.45, 2.75) is 25.8 Å². The highest BCUT2D eigenvalue weighted by Crippen LogP contribution is 2.27. The molecule has 2 nitrogen and oxygen atoms in total. The summed E-state index contributed by atoms with van der Waals surface area (Å²) in [6, 6.07) is 12.1. The molecule has 0 unspecified atom stereocenters. The Balaban J connectivity index is 2.18. The fraction of sp³-hybridized carbons (Fsp3) is 0.235. The van der Waals surface area contributed by atoms with E-state index >= 15 is 0 Å². The number of aryl methyl sites for hydroxylation is 2. The zero-order valence-electron chi connectivity index (χ0n) is 12.2. The van der Waals surface area contributed by atoms with E-state index in [0.717, 1.165) is 11.1 Å². The third-order valence-electron chi connectivity index (χ3n) is 3.06. The molecule has 5 heteroatoms. The minimum atomic E-state index is -3.92. The molecule has 0 fully saturated rings. The second kappa shape index (κ2) is 6.44. The number of hydrogen-bond donors (Lipinski definition) is 0. The molecule has 0 aromatic heterocycles. The fourth-order valence-electron chi connectivity index (χ4n) is 2.09. The van der Waals surface area contributed by atoms with Crippen molar-refractivity contribution in [1.29, 1.82) is 0 Å². The van der Waals surface area contributed by atoms with Crippen LogP contribution >= 0.6 is 11.6 Å². The molecule has 0 N–H and O–H groups in total. The van der Waals surface area contributed by atoms with Gasteiger partial charge in [0, 0.05) is 5.56 Å². The Hall–Kier alpha value is -1.94. The molecule has 0 aliphatic carbocycles. The molecule has 116 valence electrons. The third-order valence-corrected chi connectivity index (χ3v) is 3.23. The second-order valence-corrected chi connectivity index (χ2v) is 5.61. The van der Waals surface area contributed by atoms with E-state index in [4.69, 9.17) is 16.3 Å². The Morgan fingerprint density at radius 3 is 2.50 bits per heavy atom. The Labute approximate surface area is 132 Å². The van der Waals surface area contributed by atoms with Crippen molar-refractivity contribution in [3.05, 3.63) is 64.7 Å². The normalized spacial score (nSPS) is 11.3. The molecular formula is C17H15ClF2O2. The molecule has 0 saturated carbocycles. The highest BCUT2D eigenvalue weighted by Gasteiger charge is 2.36. The summed E-state index contributed by atoms with van der Waals surface area (Å²) in [5.41, 5.74) is 2.53. The number of rotatable bonds is 5. The van der Waals surface area contributed by atoms with E-state index in [9.17, 15) is 13.6 Å². The van der Waals surface area contributed by atoms with E-state index in [-0.39, 0.29) is 12.2 Å². The van der Waals surface area contributed by atoms with Gasteiger partial charge in [-0.05, 0) is 54.8 Å². The van der Waals surface area contributed by atoms with E-state index in [2.05, 4.69) is 0 Å². The Kier molecular flexibility index (Phi) is 4.81. The van der Waals surface area contributed by atoms with E-state index in [1.54, 1.807) is 13.0 Å². The van der Waals surface area contributed by atoms with Crippen LogP contribution in [0.25, 0.3) is 0 Å². The highest BCUT2D eigenvalue weighted by molar-refractivity contribution is 6.35. The van der Waals surface area contributed by atoms with Gasteiger partial charge in [-0.2, -0.15) is 8.78 Å². The number of hydrogen-bond acceptors (Lipinski definition) is 2. The second-order valence-electron chi connectivity index (χ2n) is 5.14. The number of benzene rings is 2. The number of ketones is 1. The van der Waals surface area contributed by atoms with Gasteiger partial charge in [0.15, 0.2) is 0 Å². The lowest BCUT2D eigenvalue weighted by molar-refractivity contribution is 0.0535. The van der Waals surface area contributed by atoms with Crippen molar-refractivity contribution in [3.63, 3.8) is 0 Å². The van der Waals surface area contributed by atoms with Crippen LogP contribution in [0.15, 0.2) is 42.5 Å². The molecule has 2 aromatic rings. The highest BCUT2D eigenvalue weighted by atomic mass is 35.5. The zero-order valence-corrected chi connectivity index (χ0v) is 13.0. The lowest BCUT2D eigenvalue weighted by Gasteiger charge is -2.11. The summed E-state index contributed by atoms with van der Waals surface area (Å²) in [4.78, 5) is 11.6. The van der Waals surface area contributed by atoms with Gasteiger partial charge in [-0.3, -0.25) is 4.79 Å². The van der Waals surface area contributed by atoms with Crippen LogP contribution in [-0.4, -0.2) is 11.2 Å². The molecule has 0 aliphatic rings. The number of carbonyl (C=O) groups excluding carboxylic acids is 1. The molecule has 0 atom stereocenters. The average Bonchev–Trinajstić information content (AvgIpc) is 2.43. The van der Waals surface area contributed by atoms with E-state index in [1.165, 1.54) is 12.1 Å². The van der Waals surface area contributed by atoms with Crippen molar-refractivity contribution in [2.24, 2.45) is 0 Å². The van der Waals surface area contributed by atoms with Crippen LogP contribution in [0.1, 0.15) is 27.0 Å². The topological polar surface area (TPSA) is 26.3 Å². The maximum absolute atomic E-state index is 12.9. The molecule has 0 heterocycles. The van der Waals surface area contributed by atoms with Crippen molar-refractivity contribution < 1.29 is 18.3 Å². The first-order chi connectivity index (χ1) is 10.3. The molecule has 2 rings (SSSR count). The van der Waals surface area contributed by atoms with E-state index < -0.39 is 11.2 Å². The van der Waals surface area contributed by atoms with Gasteiger partial charge in [0.2, 0.25) is 5.78 Å². The van der Waals surface area contributed by atoms with Gasteiger partial charge in [0.05, 0.1) is 0 Å². The molecule has 0 amide bonds. The fourth-order valence-corrected chi connectivity index (χ4v) is 2.20. The molecule has 0 saturated heterocycles. The summed E-state index contributed by atoms with van der Waals surface area (Å²) in [6.45, 7) is 3.95. The van der Waals surface area contributed by atoms with Crippen molar-refractivity contribution in [2.75, 3.05) is 0 Å². The Morgan fingerprint density at radius 2 is 1.86 bits per heavy atom. The van der Waals surface area contributed by atoms with Gasteiger partial charge < -0.3 is 4.74 Å². The van der Waals surface area contributed by atoms with Crippen LogP contribution in [0.4, 0.5) is 8.78 Å². The molecule has 0 aliphatic heterocycles. The van der Waals surface area contributed by atoms with E-state index in [0.29, 0.717) is 11.3 Å². The molecule has 22 heavy (non-hydrogen) atoms. The van der Waals surface area contributed by atoms with Crippen LogP contribution in [0.2, 0.25) is 0 Å². The maximum Gasteiger partial charge on any atom is 0.384 e. The predicted octanol–water partition coefficient (Wildman–Crippen LogP) is 4.90. The predicted molar refractivity (Wildman–Crippen MR) is 81.8 cm³/mol. The lowest BCUT2D eigenvalue weighted by atomic mass is 10.1. The van der Waals surface area contributed by atoms with Crippen molar-refractivity contribution >= 4 is 17.4 Å². The minimum absolute atomic E-state index is 0.167. The SMILES string of the molecule is Cc1cccc(COc2cc(C)cc(C(=O)C(F)(F)Cl)c2)c1.